The van der Waals surface area contributed by atoms with Crippen molar-refractivity contribution in [1.82, 2.24) is 15.1 Å². The molecular formula is C13H23N3O3S2. The lowest BCUT2D eigenvalue weighted by atomic mass is 10.2. The fourth-order valence-electron chi connectivity index (χ4n) is 2.54. The van der Waals surface area contributed by atoms with Crippen LogP contribution < -0.4 is 5.32 Å². The number of hydrogen-bond acceptors (Lipinski definition) is 5. The summed E-state index contributed by atoms with van der Waals surface area (Å²) in [5, 5.41) is 11.9. The third kappa shape index (κ3) is 5.60. The van der Waals surface area contributed by atoms with Gasteiger partial charge in [-0.1, -0.05) is 0 Å². The van der Waals surface area contributed by atoms with Crippen molar-refractivity contribution in [3.05, 3.63) is 0 Å². The highest BCUT2D eigenvalue weighted by atomic mass is 32.2. The Bertz CT molecular complexity index is 365. The minimum atomic E-state index is -0.842. The van der Waals surface area contributed by atoms with Crippen LogP contribution in [0.5, 0.6) is 0 Å². The summed E-state index contributed by atoms with van der Waals surface area (Å²) in [7, 11) is 0. The van der Waals surface area contributed by atoms with Gasteiger partial charge in [0.2, 0.25) is 0 Å². The molecule has 120 valence electrons. The molecule has 0 aromatic rings. The van der Waals surface area contributed by atoms with E-state index in [1.165, 1.54) is 0 Å². The summed E-state index contributed by atoms with van der Waals surface area (Å²) in [4.78, 5) is 27.2. The summed E-state index contributed by atoms with van der Waals surface area (Å²) < 4.78 is 0. The standard InChI is InChI=1S/C13H23N3O3S2/c17-12(18)9-11-10-21-8-5-16(11)13(19)14-1-2-15-3-6-20-7-4-15/h11H,1-10H2,(H,14,19)(H,17,18). The quantitative estimate of drug-likeness (QED) is 0.769. The number of carboxylic acids is 1. The smallest absolute Gasteiger partial charge is 0.317 e. The van der Waals surface area contributed by atoms with Crippen molar-refractivity contribution in [2.24, 2.45) is 0 Å². The van der Waals surface area contributed by atoms with Gasteiger partial charge in [-0.25, -0.2) is 4.79 Å². The second kappa shape index (κ2) is 8.75. The molecule has 0 aromatic carbocycles. The van der Waals surface area contributed by atoms with Crippen molar-refractivity contribution in [2.75, 3.05) is 55.7 Å². The van der Waals surface area contributed by atoms with E-state index in [1.54, 1.807) is 16.7 Å². The minimum Gasteiger partial charge on any atom is -0.481 e. The van der Waals surface area contributed by atoms with E-state index in [0.29, 0.717) is 18.8 Å². The number of thioether (sulfide) groups is 2. The first-order chi connectivity index (χ1) is 10.2. The van der Waals surface area contributed by atoms with Crippen LogP contribution in [0.3, 0.4) is 0 Å². The number of aliphatic carboxylic acids is 1. The lowest BCUT2D eigenvalue weighted by molar-refractivity contribution is -0.137. The second-order valence-corrected chi connectivity index (χ2v) is 7.58. The van der Waals surface area contributed by atoms with Crippen LogP contribution in [0.2, 0.25) is 0 Å². The van der Waals surface area contributed by atoms with Gasteiger partial charge < -0.3 is 15.3 Å². The number of carbonyl (C=O) groups is 2. The third-order valence-corrected chi connectivity index (χ3v) is 5.74. The Hall–Kier alpha value is -0.600. The molecule has 6 nitrogen and oxygen atoms in total. The molecule has 0 bridgehead atoms. The Morgan fingerprint density at radius 3 is 2.57 bits per heavy atom. The Morgan fingerprint density at radius 1 is 1.14 bits per heavy atom. The van der Waals surface area contributed by atoms with Crippen molar-refractivity contribution >= 4 is 35.5 Å². The molecule has 0 radical (unpaired) electrons. The maximum absolute atomic E-state index is 12.2. The highest BCUT2D eigenvalue weighted by Crippen LogP contribution is 2.19. The van der Waals surface area contributed by atoms with Crippen LogP contribution in [0.15, 0.2) is 0 Å². The fraction of sp³-hybridized carbons (Fsp3) is 0.846. The Balaban J connectivity index is 1.73. The first-order valence-corrected chi connectivity index (χ1v) is 9.62. The summed E-state index contributed by atoms with van der Waals surface area (Å²) in [6, 6.07) is -0.305. The molecule has 0 aromatic heterocycles. The first-order valence-electron chi connectivity index (χ1n) is 7.31. The van der Waals surface area contributed by atoms with E-state index in [0.717, 1.165) is 36.9 Å². The normalized spacial score (nSPS) is 23.8. The van der Waals surface area contributed by atoms with Crippen molar-refractivity contribution in [1.29, 1.82) is 0 Å². The predicted octanol–water partition coefficient (Wildman–Crippen LogP) is 0.637. The fourth-order valence-corrected chi connectivity index (χ4v) is 4.58. The molecule has 2 saturated heterocycles. The molecule has 2 fully saturated rings. The molecule has 2 amide bonds. The van der Waals surface area contributed by atoms with Crippen LogP contribution >= 0.6 is 23.5 Å². The number of urea groups is 1. The monoisotopic (exact) mass is 333 g/mol. The zero-order chi connectivity index (χ0) is 15.1. The highest BCUT2D eigenvalue weighted by Gasteiger charge is 2.28. The van der Waals surface area contributed by atoms with Crippen LogP contribution in [0.25, 0.3) is 0 Å². The molecule has 1 atom stereocenters. The van der Waals surface area contributed by atoms with Gasteiger partial charge in [0.15, 0.2) is 0 Å². The van der Waals surface area contributed by atoms with E-state index in [1.807, 2.05) is 11.8 Å². The van der Waals surface area contributed by atoms with Gasteiger partial charge in [-0.05, 0) is 0 Å². The largest absolute Gasteiger partial charge is 0.481 e. The zero-order valence-electron chi connectivity index (χ0n) is 12.1. The van der Waals surface area contributed by atoms with Crippen LogP contribution in [-0.2, 0) is 4.79 Å². The number of nitrogens with one attached hydrogen (secondary N) is 1. The van der Waals surface area contributed by atoms with Crippen molar-refractivity contribution < 1.29 is 14.7 Å². The third-order valence-electron chi connectivity index (χ3n) is 3.71. The Kier molecular flexibility index (Phi) is 6.98. The predicted molar refractivity (Wildman–Crippen MR) is 87.2 cm³/mol. The van der Waals surface area contributed by atoms with Gasteiger partial charge in [0.25, 0.3) is 0 Å². The van der Waals surface area contributed by atoms with Crippen LogP contribution in [-0.4, -0.2) is 88.7 Å². The summed E-state index contributed by atoms with van der Waals surface area (Å²) in [5.41, 5.74) is 0. The summed E-state index contributed by atoms with van der Waals surface area (Å²) in [6.45, 7) is 4.31. The average Bonchev–Trinajstić information content (AvgIpc) is 2.48. The topological polar surface area (TPSA) is 72.9 Å². The van der Waals surface area contributed by atoms with Gasteiger partial charge in [-0.15, -0.1) is 0 Å². The molecule has 21 heavy (non-hydrogen) atoms. The maximum Gasteiger partial charge on any atom is 0.317 e. The van der Waals surface area contributed by atoms with Crippen LogP contribution in [0, 0.1) is 0 Å². The van der Waals surface area contributed by atoms with Gasteiger partial charge in [0.05, 0.1) is 12.5 Å². The number of carboxylic acid groups (broad SMARTS) is 1. The van der Waals surface area contributed by atoms with Crippen LogP contribution in [0.1, 0.15) is 6.42 Å². The summed E-state index contributed by atoms with van der Waals surface area (Å²) >= 11 is 3.69. The van der Waals surface area contributed by atoms with Gasteiger partial charge in [0, 0.05) is 55.7 Å². The van der Waals surface area contributed by atoms with Gasteiger partial charge in [0.1, 0.15) is 0 Å². The Labute approximate surface area is 134 Å². The lowest BCUT2D eigenvalue weighted by Crippen LogP contribution is -2.52. The molecule has 8 heteroatoms. The number of hydrogen-bond donors (Lipinski definition) is 2. The van der Waals surface area contributed by atoms with Gasteiger partial charge in [-0.3, -0.25) is 9.69 Å². The van der Waals surface area contributed by atoms with E-state index in [2.05, 4.69) is 10.2 Å². The zero-order valence-corrected chi connectivity index (χ0v) is 13.8. The van der Waals surface area contributed by atoms with Gasteiger partial charge in [-0.2, -0.15) is 23.5 Å². The lowest BCUT2D eigenvalue weighted by Gasteiger charge is -2.35. The number of rotatable bonds is 5. The molecule has 2 N–H and O–H groups in total. The first kappa shape index (κ1) is 16.8. The summed E-state index contributed by atoms with van der Waals surface area (Å²) in [5.74, 6) is 3.08. The average molecular weight is 333 g/mol. The van der Waals surface area contributed by atoms with Crippen molar-refractivity contribution in [3.63, 3.8) is 0 Å². The minimum absolute atomic E-state index is 0.0315. The molecule has 2 heterocycles. The van der Waals surface area contributed by atoms with Crippen molar-refractivity contribution in [3.8, 4) is 0 Å². The maximum atomic E-state index is 12.2. The SMILES string of the molecule is O=C(O)CC1CSCCN1C(=O)NCCN1CCSCC1. The molecule has 0 saturated carbocycles. The van der Waals surface area contributed by atoms with E-state index >= 15 is 0 Å². The molecule has 0 spiro atoms. The second-order valence-electron chi connectivity index (χ2n) is 5.21. The van der Waals surface area contributed by atoms with Crippen molar-refractivity contribution in [2.45, 2.75) is 12.5 Å². The van der Waals surface area contributed by atoms with E-state index in [-0.39, 0.29) is 18.5 Å². The summed E-state index contributed by atoms with van der Waals surface area (Å²) in [6.07, 6.45) is 0.0315. The van der Waals surface area contributed by atoms with Gasteiger partial charge >= 0.3 is 12.0 Å². The molecule has 1 unspecified atom stereocenters. The number of nitrogens with zero attached hydrogens (tertiary/aromatic N) is 2. The molecule has 2 aliphatic rings. The highest BCUT2D eigenvalue weighted by molar-refractivity contribution is 7.99. The van der Waals surface area contributed by atoms with E-state index in [9.17, 15) is 9.59 Å². The molecule has 2 aliphatic heterocycles. The van der Waals surface area contributed by atoms with Crippen LogP contribution in [0.4, 0.5) is 4.79 Å². The number of amides is 2. The molecular weight excluding hydrogens is 310 g/mol. The molecule has 0 aliphatic carbocycles. The molecule has 2 rings (SSSR count). The Morgan fingerprint density at radius 2 is 1.86 bits per heavy atom. The van der Waals surface area contributed by atoms with E-state index < -0.39 is 5.97 Å². The van der Waals surface area contributed by atoms with E-state index in [4.69, 9.17) is 5.11 Å². The number of carbonyl (C=O) groups excluding carboxylic acids is 1.